The van der Waals surface area contributed by atoms with Gasteiger partial charge in [0, 0.05) is 11.7 Å². The Morgan fingerprint density at radius 2 is 1.93 bits per heavy atom. The maximum atomic E-state index is 12.1. The first kappa shape index (κ1) is 19.6. The van der Waals surface area contributed by atoms with Crippen molar-refractivity contribution in [3.05, 3.63) is 29.8 Å². The normalized spacial score (nSPS) is 14.6. The zero-order chi connectivity index (χ0) is 19.1. The molecule has 1 saturated carbocycles. The van der Waals surface area contributed by atoms with Crippen LogP contribution in [0.25, 0.3) is 0 Å². The fourth-order valence-corrected chi connectivity index (χ4v) is 4.46. The number of hydrogen-bond donors (Lipinski definition) is 3. The molecular weight excluding hydrogens is 382 g/mol. The first-order valence-electron chi connectivity index (χ1n) is 8.99. The van der Waals surface area contributed by atoms with Gasteiger partial charge in [0.2, 0.25) is 11.0 Å². The Kier molecular flexibility index (Phi) is 7.05. The molecule has 3 amide bonds. The molecule has 0 unspecified atom stereocenters. The predicted molar refractivity (Wildman–Crippen MR) is 109 cm³/mol. The third-order valence-corrected chi connectivity index (χ3v) is 6.29. The summed E-state index contributed by atoms with van der Waals surface area (Å²) in [5, 5.41) is 17.0. The van der Waals surface area contributed by atoms with Crippen molar-refractivity contribution in [3.8, 4) is 0 Å². The lowest BCUT2D eigenvalue weighted by molar-refractivity contribution is -0.113. The van der Waals surface area contributed by atoms with Crippen LogP contribution in [0, 0.1) is 6.92 Å². The van der Waals surface area contributed by atoms with Crippen molar-refractivity contribution in [2.75, 3.05) is 16.4 Å². The molecule has 3 N–H and O–H groups in total. The number of anilines is 2. The van der Waals surface area contributed by atoms with Crippen molar-refractivity contribution in [1.29, 1.82) is 0 Å². The van der Waals surface area contributed by atoms with Crippen LogP contribution in [-0.2, 0) is 4.79 Å². The summed E-state index contributed by atoms with van der Waals surface area (Å²) in [7, 11) is 0. The summed E-state index contributed by atoms with van der Waals surface area (Å²) in [6.45, 7) is 1.95. The second kappa shape index (κ2) is 9.70. The molecule has 27 heavy (non-hydrogen) atoms. The second-order valence-electron chi connectivity index (χ2n) is 6.46. The lowest BCUT2D eigenvalue weighted by Gasteiger charge is -2.22. The standard InChI is InChI=1S/C18H23N5O2S2/c1-12-7-5-6-10-14(12)20-15(24)11-26-18-23-22-17(27-18)21-16(25)19-13-8-3-2-4-9-13/h5-7,10,13H,2-4,8-9,11H2,1H3,(H,20,24)(H2,19,21,22,25). The number of aryl methyl sites for hydroxylation is 1. The van der Waals surface area contributed by atoms with Gasteiger partial charge in [-0.25, -0.2) is 4.79 Å². The summed E-state index contributed by atoms with van der Waals surface area (Å²) < 4.78 is 0.642. The van der Waals surface area contributed by atoms with Crippen LogP contribution in [-0.4, -0.2) is 33.9 Å². The molecule has 144 valence electrons. The molecule has 1 aromatic carbocycles. The van der Waals surface area contributed by atoms with E-state index in [1.807, 2.05) is 31.2 Å². The lowest BCUT2D eigenvalue weighted by Crippen LogP contribution is -2.38. The smallest absolute Gasteiger partial charge is 0.321 e. The van der Waals surface area contributed by atoms with Gasteiger partial charge >= 0.3 is 6.03 Å². The third-order valence-electron chi connectivity index (χ3n) is 4.31. The first-order chi connectivity index (χ1) is 13.1. The molecule has 1 aromatic heterocycles. The molecule has 0 saturated heterocycles. The Morgan fingerprint density at radius 1 is 1.15 bits per heavy atom. The number of aromatic nitrogens is 2. The van der Waals surface area contributed by atoms with E-state index in [9.17, 15) is 9.59 Å². The van der Waals surface area contributed by atoms with Crippen LogP contribution >= 0.6 is 23.1 Å². The molecule has 1 aliphatic rings. The van der Waals surface area contributed by atoms with E-state index >= 15 is 0 Å². The van der Waals surface area contributed by atoms with Crippen LogP contribution in [0.15, 0.2) is 28.6 Å². The third kappa shape index (κ3) is 6.21. The van der Waals surface area contributed by atoms with E-state index in [1.54, 1.807) is 0 Å². The van der Waals surface area contributed by atoms with E-state index in [0.29, 0.717) is 9.47 Å². The van der Waals surface area contributed by atoms with Crippen molar-refractivity contribution in [2.24, 2.45) is 0 Å². The van der Waals surface area contributed by atoms with Gasteiger partial charge in [0.25, 0.3) is 0 Å². The van der Waals surface area contributed by atoms with Crippen LogP contribution in [0.1, 0.15) is 37.7 Å². The highest BCUT2D eigenvalue weighted by Gasteiger charge is 2.17. The molecule has 9 heteroatoms. The maximum Gasteiger partial charge on any atom is 0.321 e. The number of urea groups is 1. The van der Waals surface area contributed by atoms with Crippen LogP contribution in [0.5, 0.6) is 0 Å². The molecule has 0 radical (unpaired) electrons. The summed E-state index contributed by atoms with van der Waals surface area (Å²) >= 11 is 2.56. The topological polar surface area (TPSA) is 96.0 Å². The zero-order valence-electron chi connectivity index (χ0n) is 15.2. The largest absolute Gasteiger partial charge is 0.335 e. The van der Waals surface area contributed by atoms with Gasteiger partial charge in [0.1, 0.15) is 0 Å². The highest BCUT2D eigenvalue weighted by molar-refractivity contribution is 8.01. The van der Waals surface area contributed by atoms with Crippen molar-refractivity contribution in [2.45, 2.75) is 49.4 Å². The maximum absolute atomic E-state index is 12.1. The van der Waals surface area contributed by atoms with Gasteiger partial charge < -0.3 is 10.6 Å². The van der Waals surface area contributed by atoms with Gasteiger partial charge in [-0.05, 0) is 31.4 Å². The number of para-hydroxylation sites is 1. The molecule has 1 heterocycles. The molecule has 0 atom stereocenters. The Morgan fingerprint density at radius 3 is 2.70 bits per heavy atom. The number of amides is 3. The van der Waals surface area contributed by atoms with E-state index in [-0.39, 0.29) is 23.7 Å². The summed E-state index contributed by atoms with van der Waals surface area (Å²) in [5.74, 6) is 0.131. The summed E-state index contributed by atoms with van der Waals surface area (Å²) in [4.78, 5) is 24.1. The summed E-state index contributed by atoms with van der Waals surface area (Å²) in [5.41, 5.74) is 1.82. The second-order valence-corrected chi connectivity index (χ2v) is 8.66. The molecular formula is C18H23N5O2S2. The molecule has 3 rings (SSSR count). The highest BCUT2D eigenvalue weighted by atomic mass is 32.2. The molecule has 0 aliphatic heterocycles. The Bertz CT molecular complexity index is 790. The minimum absolute atomic E-state index is 0.103. The Hall–Kier alpha value is -2.13. The van der Waals surface area contributed by atoms with E-state index in [2.05, 4.69) is 26.1 Å². The van der Waals surface area contributed by atoms with E-state index in [0.717, 1.165) is 36.9 Å². The predicted octanol–water partition coefficient (Wildman–Crippen LogP) is 4.03. The average molecular weight is 406 g/mol. The van der Waals surface area contributed by atoms with Crippen LogP contribution in [0.3, 0.4) is 0 Å². The zero-order valence-corrected chi connectivity index (χ0v) is 16.8. The fraction of sp³-hybridized carbons (Fsp3) is 0.444. The number of rotatable bonds is 6. The van der Waals surface area contributed by atoms with Crippen molar-refractivity contribution in [3.63, 3.8) is 0 Å². The Labute approximate surface area is 166 Å². The van der Waals surface area contributed by atoms with Gasteiger partial charge in [0.05, 0.1) is 5.75 Å². The molecule has 0 spiro atoms. The number of hydrogen-bond acceptors (Lipinski definition) is 6. The molecule has 0 bridgehead atoms. The van der Waals surface area contributed by atoms with Crippen molar-refractivity contribution < 1.29 is 9.59 Å². The SMILES string of the molecule is Cc1ccccc1NC(=O)CSc1nnc(NC(=O)NC2CCCCC2)s1. The Balaban J connectivity index is 1.43. The van der Waals surface area contributed by atoms with Gasteiger partial charge in [0.15, 0.2) is 4.34 Å². The average Bonchev–Trinajstić information content (AvgIpc) is 3.10. The van der Waals surface area contributed by atoms with E-state index in [1.165, 1.54) is 29.5 Å². The number of thioether (sulfide) groups is 1. The highest BCUT2D eigenvalue weighted by Crippen LogP contribution is 2.26. The van der Waals surface area contributed by atoms with Crippen molar-refractivity contribution >= 4 is 45.9 Å². The van der Waals surface area contributed by atoms with Crippen LogP contribution in [0.4, 0.5) is 15.6 Å². The minimum Gasteiger partial charge on any atom is -0.335 e. The first-order valence-corrected chi connectivity index (χ1v) is 10.8. The number of nitrogens with zero attached hydrogens (tertiary/aromatic N) is 2. The number of benzene rings is 1. The molecule has 1 aliphatic carbocycles. The van der Waals surface area contributed by atoms with Crippen LogP contribution in [0.2, 0.25) is 0 Å². The molecule has 1 fully saturated rings. The number of nitrogens with one attached hydrogen (secondary N) is 3. The van der Waals surface area contributed by atoms with Gasteiger partial charge in [-0.15, -0.1) is 10.2 Å². The summed E-state index contributed by atoms with van der Waals surface area (Å²) in [6, 6.07) is 7.63. The fourth-order valence-electron chi connectivity index (χ4n) is 2.91. The van der Waals surface area contributed by atoms with E-state index in [4.69, 9.17) is 0 Å². The number of carbonyl (C=O) groups is 2. The lowest BCUT2D eigenvalue weighted by atomic mass is 9.96. The van der Waals surface area contributed by atoms with Crippen molar-refractivity contribution in [1.82, 2.24) is 15.5 Å². The number of carbonyl (C=O) groups excluding carboxylic acids is 2. The van der Waals surface area contributed by atoms with Crippen LogP contribution < -0.4 is 16.0 Å². The van der Waals surface area contributed by atoms with Gasteiger partial charge in [-0.3, -0.25) is 10.1 Å². The van der Waals surface area contributed by atoms with Gasteiger partial charge in [-0.2, -0.15) is 0 Å². The quantitative estimate of drug-likeness (QED) is 0.498. The summed E-state index contributed by atoms with van der Waals surface area (Å²) in [6.07, 6.45) is 5.62. The monoisotopic (exact) mass is 405 g/mol. The van der Waals surface area contributed by atoms with Gasteiger partial charge in [-0.1, -0.05) is 60.6 Å². The minimum atomic E-state index is -0.244. The molecule has 2 aromatic rings. The molecule has 7 nitrogen and oxygen atoms in total. The van der Waals surface area contributed by atoms with E-state index < -0.39 is 0 Å².